The molecular weight excluding hydrogens is 268 g/mol. The Bertz CT molecular complexity index is 648. The fourth-order valence-electron chi connectivity index (χ4n) is 2.39. The molecule has 0 aliphatic rings. The summed E-state index contributed by atoms with van der Waals surface area (Å²) < 4.78 is 1.67. The van der Waals surface area contributed by atoms with Crippen LogP contribution in [0.5, 0.6) is 0 Å². The van der Waals surface area contributed by atoms with Gasteiger partial charge in [0.25, 0.3) is 5.91 Å². The van der Waals surface area contributed by atoms with Gasteiger partial charge < -0.3 is 10.4 Å². The molecule has 21 heavy (non-hydrogen) atoms. The SMILES string of the molecule is Cc1cc(C)n2ncc(C(=O)NC(CCO)C(C)C)c2n1. The van der Waals surface area contributed by atoms with Crippen molar-refractivity contribution in [1.29, 1.82) is 0 Å². The molecule has 0 radical (unpaired) electrons. The second kappa shape index (κ2) is 6.22. The maximum Gasteiger partial charge on any atom is 0.256 e. The number of amides is 1. The standard InChI is InChI=1S/C15H22N4O2/c1-9(2)13(5-6-20)18-15(21)12-8-16-19-11(4)7-10(3)17-14(12)19/h7-9,13,20H,5-6H2,1-4H3,(H,18,21). The largest absolute Gasteiger partial charge is 0.396 e. The van der Waals surface area contributed by atoms with E-state index in [4.69, 9.17) is 5.11 Å². The molecule has 0 aliphatic carbocycles. The topological polar surface area (TPSA) is 79.5 Å². The molecule has 0 saturated carbocycles. The number of aromatic nitrogens is 3. The van der Waals surface area contributed by atoms with E-state index >= 15 is 0 Å². The molecule has 0 bridgehead atoms. The molecule has 0 aliphatic heterocycles. The third-order valence-electron chi connectivity index (χ3n) is 3.58. The lowest BCUT2D eigenvalue weighted by atomic mass is 10.0. The minimum atomic E-state index is -0.199. The Labute approximate surface area is 124 Å². The zero-order valence-electron chi connectivity index (χ0n) is 12.9. The van der Waals surface area contributed by atoms with Crippen LogP contribution < -0.4 is 5.32 Å². The van der Waals surface area contributed by atoms with Gasteiger partial charge in [-0.2, -0.15) is 5.10 Å². The number of aliphatic hydroxyl groups excluding tert-OH is 1. The molecule has 0 fully saturated rings. The summed E-state index contributed by atoms with van der Waals surface area (Å²) in [6.07, 6.45) is 2.08. The van der Waals surface area contributed by atoms with Crippen LogP contribution in [0.2, 0.25) is 0 Å². The molecule has 2 aromatic heterocycles. The second-order valence-corrected chi connectivity index (χ2v) is 5.67. The van der Waals surface area contributed by atoms with Crippen molar-refractivity contribution in [2.75, 3.05) is 6.61 Å². The first-order chi connectivity index (χ1) is 9.93. The maximum absolute atomic E-state index is 12.4. The van der Waals surface area contributed by atoms with Gasteiger partial charge in [0.1, 0.15) is 5.56 Å². The monoisotopic (exact) mass is 290 g/mol. The van der Waals surface area contributed by atoms with E-state index in [1.165, 1.54) is 0 Å². The quantitative estimate of drug-likeness (QED) is 0.874. The van der Waals surface area contributed by atoms with Crippen LogP contribution in [0, 0.1) is 19.8 Å². The fourth-order valence-corrected chi connectivity index (χ4v) is 2.39. The molecule has 2 N–H and O–H groups in total. The predicted molar refractivity (Wildman–Crippen MR) is 80.3 cm³/mol. The van der Waals surface area contributed by atoms with Gasteiger partial charge in [0.05, 0.1) is 6.20 Å². The first-order valence-corrected chi connectivity index (χ1v) is 7.17. The molecule has 0 saturated heterocycles. The lowest BCUT2D eigenvalue weighted by Crippen LogP contribution is -2.39. The van der Waals surface area contributed by atoms with Gasteiger partial charge in [0, 0.05) is 24.0 Å². The van der Waals surface area contributed by atoms with Crippen molar-refractivity contribution in [2.45, 2.75) is 40.2 Å². The Balaban J connectivity index is 2.31. The fraction of sp³-hybridized carbons (Fsp3) is 0.533. The van der Waals surface area contributed by atoms with Crippen molar-refractivity contribution in [3.63, 3.8) is 0 Å². The number of aryl methyl sites for hydroxylation is 2. The molecule has 1 unspecified atom stereocenters. The van der Waals surface area contributed by atoms with E-state index in [1.807, 2.05) is 33.8 Å². The highest BCUT2D eigenvalue weighted by molar-refractivity contribution is 5.99. The number of carbonyl (C=O) groups is 1. The maximum atomic E-state index is 12.4. The summed E-state index contributed by atoms with van der Waals surface area (Å²) in [5.74, 6) is 0.0500. The van der Waals surface area contributed by atoms with Crippen LogP contribution in [0.4, 0.5) is 0 Å². The van der Waals surface area contributed by atoms with Crippen LogP contribution in [-0.2, 0) is 0 Å². The summed E-state index contributed by atoms with van der Waals surface area (Å²) >= 11 is 0. The van der Waals surface area contributed by atoms with Crippen LogP contribution in [0.1, 0.15) is 42.0 Å². The summed E-state index contributed by atoms with van der Waals surface area (Å²) in [7, 11) is 0. The number of hydrogen-bond acceptors (Lipinski definition) is 4. The first kappa shape index (κ1) is 15.4. The van der Waals surface area contributed by atoms with Gasteiger partial charge in [-0.25, -0.2) is 9.50 Å². The van der Waals surface area contributed by atoms with Crippen LogP contribution in [-0.4, -0.2) is 38.3 Å². The van der Waals surface area contributed by atoms with E-state index in [1.54, 1.807) is 10.7 Å². The van der Waals surface area contributed by atoms with E-state index in [2.05, 4.69) is 15.4 Å². The number of hydrogen-bond donors (Lipinski definition) is 2. The minimum absolute atomic E-state index is 0.0500. The van der Waals surface area contributed by atoms with E-state index in [0.29, 0.717) is 17.6 Å². The van der Waals surface area contributed by atoms with Gasteiger partial charge in [-0.15, -0.1) is 0 Å². The minimum Gasteiger partial charge on any atom is -0.396 e. The zero-order chi connectivity index (χ0) is 15.6. The molecule has 2 heterocycles. The van der Waals surface area contributed by atoms with Gasteiger partial charge in [-0.3, -0.25) is 4.79 Å². The Hall–Kier alpha value is -1.95. The van der Waals surface area contributed by atoms with Gasteiger partial charge in [0.2, 0.25) is 0 Å². The summed E-state index contributed by atoms with van der Waals surface area (Å²) in [6.45, 7) is 7.91. The number of fused-ring (bicyclic) bond motifs is 1. The molecule has 2 aromatic rings. The first-order valence-electron chi connectivity index (χ1n) is 7.17. The van der Waals surface area contributed by atoms with E-state index in [-0.39, 0.29) is 24.5 Å². The van der Waals surface area contributed by atoms with Crippen molar-refractivity contribution in [1.82, 2.24) is 19.9 Å². The van der Waals surface area contributed by atoms with Gasteiger partial charge in [0.15, 0.2) is 5.65 Å². The van der Waals surface area contributed by atoms with Crippen molar-refractivity contribution >= 4 is 11.6 Å². The second-order valence-electron chi connectivity index (χ2n) is 5.67. The Morgan fingerprint density at radius 2 is 2.14 bits per heavy atom. The van der Waals surface area contributed by atoms with Crippen LogP contribution in [0.3, 0.4) is 0 Å². The Morgan fingerprint density at radius 3 is 2.76 bits per heavy atom. The number of nitrogens with one attached hydrogen (secondary N) is 1. The summed E-state index contributed by atoms with van der Waals surface area (Å²) in [5.41, 5.74) is 2.82. The number of nitrogens with zero attached hydrogens (tertiary/aromatic N) is 3. The Kier molecular flexibility index (Phi) is 4.57. The molecule has 0 spiro atoms. The van der Waals surface area contributed by atoms with Crippen molar-refractivity contribution in [3.05, 3.63) is 29.2 Å². The van der Waals surface area contributed by atoms with Crippen molar-refractivity contribution in [2.24, 2.45) is 5.92 Å². The summed E-state index contributed by atoms with van der Waals surface area (Å²) in [6, 6.07) is 1.85. The summed E-state index contributed by atoms with van der Waals surface area (Å²) in [4.78, 5) is 16.9. The van der Waals surface area contributed by atoms with Gasteiger partial charge in [-0.1, -0.05) is 13.8 Å². The third kappa shape index (κ3) is 3.21. The van der Waals surface area contributed by atoms with E-state index in [0.717, 1.165) is 11.4 Å². The molecule has 6 heteroatoms. The average Bonchev–Trinajstić information content (AvgIpc) is 2.81. The molecule has 6 nitrogen and oxygen atoms in total. The van der Waals surface area contributed by atoms with Crippen LogP contribution in [0.25, 0.3) is 5.65 Å². The van der Waals surface area contributed by atoms with Crippen LogP contribution in [0.15, 0.2) is 12.3 Å². The number of aliphatic hydroxyl groups is 1. The van der Waals surface area contributed by atoms with E-state index < -0.39 is 0 Å². The molecule has 0 aromatic carbocycles. The van der Waals surface area contributed by atoms with Gasteiger partial charge >= 0.3 is 0 Å². The third-order valence-corrected chi connectivity index (χ3v) is 3.58. The number of carbonyl (C=O) groups excluding carboxylic acids is 1. The van der Waals surface area contributed by atoms with Gasteiger partial charge in [-0.05, 0) is 32.3 Å². The lowest BCUT2D eigenvalue weighted by Gasteiger charge is -2.21. The zero-order valence-corrected chi connectivity index (χ0v) is 12.9. The highest BCUT2D eigenvalue weighted by Crippen LogP contribution is 2.13. The summed E-state index contributed by atoms with van der Waals surface area (Å²) in [5, 5.41) is 16.3. The van der Waals surface area contributed by atoms with Crippen molar-refractivity contribution in [3.8, 4) is 0 Å². The normalized spacial score (nSPS) is 12.9. The van der Waals surface area contributed by atoms with Crippen LogP contribution >= 0.6 is 0 Å². The van der Waals surface area contributed by atoms with Crippen molar-refractivity contribution < 1.29 is 9.90 Å². The molecule has 114 valence electrons. The highest BCUT2D eigenvalue weighted by atomic mass is 16.3. The smallest absolute Gasteiger partial charge is 0.256 e. The lowest BCUT2D eigenvalue weighted by molar-refractivity contribution is 0.0918. The molecule has 1 amide bonds. The average molecular weight is 290 g/mol. The highest BCUT2D eigenvalue weighted by Gasteiger charge is 2.20. The number of rotatable bonds is 5. The molecular formula is C15H22N4O2. The predicted octanol–water partition coefficient (Wildman–Crippen LogP) is 1.48. The van der Waals surface area contributed by atoms with E-state index in [9.17, 15) is 4.79 Å². The molecule has 2 rings (SSSR count). The Morgan fingerprint density at radius 1 is 1.43 bits per heavy atom. The molecule has 1 atom stereocenters.